The summed E-state index contributed by atoms with van der Waals surface area (Å²) < 4.78 is 2.97. The second-order valence-electron chi connectivity index (χ2n) is 3.82. The zero-order chi connectivity index (χ0) is 11.5. The molecule has 3 nitrogen and oxygen atoms in total. The van der Waals surface area contributed by atoms with Gasteiger partial charge in [-0.05, 0) is 36.8 Å². The average molecular weight is 280 g/mol. The summed E-state index contributed by atoms with van der Waals surface area (Å²) in [6.45, 7) is 2.87. The molecule has 1 aromatic heterocycles. The molecule has 1 N–H and O–H groups in total. The maximum atomic E-state index is 4.13. The van der Waals surface area contributed by atoms with Crippen molar-refractivity contribution in [2.24, 2.45) is 7.05 Å². The van der Waals surface area contributed by atoms with E-state index in [1.165, 1.54) is 5.56 Å². The lowest BCUT2D eigenvalue weighted by Crippen LogP contribution is -2.05. The molecule has 0 aliphatic heterocycles. The second-order valence-corrected chi connectivity index (χ2v) is 4.73. The molecule has 2 rings (SSSR count). The van der Waals surface area contributed by atoms with Gasteiger partial charge in [0.2, 0.25) is 0 Å². The van der Waals surface area contributed by atoms with Gasteiger partial charge in [0.15, 0.2) is 0 Å². The molecule has 0 bridgehead atoms. The monoisotopic (exact) mass is 279 g/mol. The summed E-state index contributed by atoms with van der Waals surface area (Å²) in [6.07, 6.45) is 1.81. The first-order valence-electron chi connectivity index (χ1n) is 5.13. The maximum absolute atomic E-state index is 4.13. The third-order valence-corrected chi connectivity index (χ3v) is 2.90. The Kier molecular flexibility index (Phi) is 3.29. The van der Waals surface area contributed by atoms with Gasteiger partial charge < -0.3 is 5.32 Å². The molecule has 0 amide bonds. The van der Waals surface area contributed by atoms with Crippen LogP contribution < -0.4 is 5.32 Å². The van der Waals surface area contributed by atoms with Crippen LogP contribution in [0.15, 0.2) is 34.9 Å². The lowest BCUT2D eigenvalue weighted by Gasteiger charge is -2.08. The van der Waals surface area contributed by atoms with E-state index in [0.717, 1.165) is 22.4 Å². The van der Waals surface area contributed by atoms with E-state index >= 15 is 0 Å². The standard InChI is InChI=1S/C12H14BrN3/c1-9-5-10(13)7-11(6-9)14-8-12-3-4-15-16(12)2/h3-7,14H,8H2,1-2H3. The van der Waals surface area contributed by atoms with Gasteiger partial charge in [-0.15, -0.1) is 0 Å². The molecule has 4 heteroatoms. The van der Waals surface area contributed by atoms with Gasteiger partial charge in [0.25, 0.3) is 0 Å². The second kappa shape index (κ2) is 4.70. The topological polar surface area (TPSA) is 29.9 Å². The lowest BCUT2D eigenvalue weighted by atomic mass is 10.2. The van der Waals surface area contributed by atoms with E-state index in [2.05, 4.69) is 51.5 Å². The average Bonchev–Trinajstić information content (AvgIpc) is 2.59. The Morgan fingerprint density at radius 2 is 2.19 bits per heavy atom. The lowest BCUT2D eigenvalue weighted by molar-refractivity contribution is 0.720. The summed E-state index contributed by atoms with van der Waals surface area (Å²) in [7, 11) is 1.95. The van der Waals surface area contributed by atoms with Crippen molar-refractivity contribution in [2.45, 2.75) is 13.5 Å². The summed E-state index contributed by atoms with van der Waals surface area (Å²) >= 11 is 3.49. The van der Waals surface area contributed by atoms with Gasteiger partial charge in [0.05, 0.1) is 12.2 Å². The van der Waals surface area contributed by atoms with Crippen molar-refractivity contribution < 1.29 is 0 Å². The van der Waals surface area contributed by atoms with Crippen molar-refractivity contribution in [1.82, 2.24) is 9.78 Å². The molecule has 0 saturated heterocycles. The van der Waals surface area contributed by atoms with Crippen molar-refractivity contribution in [1.29, 1.82) is 0 Å². The molecule has 0 radical (unpaired) electrons. The number of aryl methyl sites for hydroxylation is 2. The van der Waals surface area contributed by atoms with E-state index in [-0.39, 0.29) is 0 Å². The molecular formula is C12H14BrN3. The number of hydrogen-bond acceptors (Lipinski definition) is 2. The number of aromatic nitrogens is 2. The maximum Gasteiger partial charge on any atom is 0.0571 e. The Labute approximate surface area is 104 Å². The molecule has 0 aliphatic rings. The minimum atomic E-state index is 0.784. The van der Waals surface area contributed by atoms with Crippen LogP contribution in [-0.2, 0) is 13.6 Å². The summed E-state index contributed by atoms with van der Waals surface area (Å²) in [5, 5.41) is 7.51. The molecular weight excluding hydrogens is 266 g/mol. The highest BCUT2D eigenvalue weighted by Crippen LogP contribution is 2.19. The van der Waals surface area contributed by atoms with Crippen LogP contribution in [0.4, 0.5) is 5.69 Å². The molecule has 0 fully saturated rings. The predicted molar refractivity (Wildman–Crippen MR) is 69.4 cm³/mol. The van der Waals surface area contributed by atoms with Crippen LogP contribution in [0, 0.1) is 6.92 Å². The van der Waals surface area contributed by atoms with Crippen molar-refractivity contribution in [2.75, 3.05) is 5.32 Å². The van der Waals surface area contributed by atoms with Gasteiger partial charge in [0, 0.05) is 23.4 Å². The smallest absolute Gasteiger partial charge is 0.0571 e. The molecule has 16 heavy (non-hydrogen) atoms. The first kappa shape index (κ1) is 11.2. The fourth-order valence-corrected chi connectivity index (χ4v) is 2.21. The Balaban J connectivity index is 2.07. The fraction of sp³-hybridized carbons (Fsp3) is 0.250. The summed E-state index contributed by atoms with van der Waals surface area (Å²) in [6, 6.07) is 8.30. The molecule has 0 unspecified atom stereocenters. The highest BCUT2D eigenvalue weighted by Gasteiger charge is 1.99. The third kappa shape index (κ3) is 2.64. The fourth-order valence-electron chi connectivity index (χ4n) is 1.61. The van der Waals surface area contributed by atoms with Crippen LogP contribution in [0.5, 0.6) is 0 Å². The van der Waals surface area contributed by atoms with E-state index in [4.69, 9.17) is 0 Å². The highest BCUT2D eigenvalue weighted by molar-refractivity contribution is 9.10. The van der Waals surface area contributed by atoms with Crippen LogP contribution in [0.1, 0.15) is 11.3 Å². The number of benzene rings is 1. The molecule has 0 atom stereocenters. The van der Waals surface area contributed by atoms with Crippen LogP contribution in [0.3, 0.4) is 0 Å². The Bertz CT molecular complexity index is 471. The van der Waals surface area contributed by atoms with Gasteiger partial charge in [0.1, 0.15) is 0 Å². The molecule has 0 saturated carbocycles. The van der Waals surface area contributed by atoms with E-state index in [1.807, 2.05) is 24.0 Å². The van der Waals surface area contributed by atoms with Crippen molar-refractivity contribution in [3.63, 3.8) is 0 Å². The minimum absolute atomic E-state index is 0.784. The minimum Gasteiger partial charge on any atom is -0.379 e. The Hall–Kier alpha value is -1.29. The number of nitrogens with zero attached hydrogens (tertiary/aromatic N) is 2. The zero-order valence-electron chi connectivity index (χ0n) is 9.37. The molecule has 1 aromatic carbocycles. The molecule has 84 valence electrons. The van der Waals surface area contributed by atoms with E-state index in [9.17, 15) is 0 Å². The van der Waals surface area contributed by atoms with Crippen LogP contribution in [0.2, 0.25) is 0 Å². The van der Waals surface area contributed by atoms with E-state index in [0.29, 0.717) is 0 Å². The van der Waals surface area contributed by atoms with E-state index in [1.54, 1.807) is 0 Å². The zero-order valence-corrected chi connectivity index (χ0v) is 11.0. The number of rotatable bonds is 3. The quantitative estimate of drug-likeness (QED) is 0.936. The molecule has 0 aliphatic carbocycles. The molecule has 0 spiro atoms. The number of hydrogen-bond donors (Lipinski definition) is 1. The van der Waals surface area contributed by atoms with Gasteiger partial charge in [-0.1, -0.05) is 15.9 Å². The van der Waals surface area contributed by atoms with Crippen molar-refractivity contribution >= 4 is 21.6 Å². The Morgan fingerprint density at radius 3 is 2.81 bits per heavy atom. The van der Waals surface area contributed by atoms with Crippen molar-refractivity contribution in [3.05, 3.63) is 46.2 Å². The van der Waals surface area contributed by atoms with Gasteiger partial charge in [-0.3, -0.25) is 4.68 Å². The van der Waals surface area contributed by atoms with Crippen molar-refractivity contribution in [3.8, 4) is 0 Å². The van der Waals surface area contributed by atoms with Crippen LogP contribution >= 0.6 is 15.9 Å². The first-order valence-corrected chi connectivity index (χ1v) is 5.92. The van der Waals surface area contributed by atoms with Gasteiger partial charge in [-0.25, -0.2) is 0 Å². The predicted octanol–water partition coefficient (Wildman–Crippen LogP) is 3.10. The van der Waals surface area contributed by atoms with Gasteiger partial charge in [-0.2, -0.15) is 5.10 Å². The summed E-state index contributed by atoms with van der Waals surface area (Å²) in [5.41, 5.74) is 3.52. The normalized spacial score (nSPS) is 10.4. The van der Waals surface area contributed by atoms with Crippen LogP contribution in [-0.4, -0.2) is 9.78 Å². The third-order valence-electron chi connectivity index (χ3n) is 2.44. The van der Waals surface area contributed by atoms with Gasteiger partial charge >= 0.3 is 0 Å². The highest BCUT2D eigenvalue weighted by atomic mass is 79.9. The molecule has 1 heterocycles. The number of nitrogens with one attached hydrogen (secondary N) is 1. The Morgan fingerprint density at radius 1 is 1.38 bits per heavy atom. The largest absolute Gasteiger partial charge is 0.379 e. The molecule has 2 aromatic rings. The number of anilines is 1. The van der Waals surface area contributed by atoms with E-state index < -0.39 is 0 Å². The number of halogens is 1. The SMILES string of the molecule is Cc1cc(Br)cc(NCc2ccnn2C)c1. The summed E-state index contributed by atoms with van der Waals surface area (Å²) in [4.78, 5) is 0. The van der Waals surface area contributed by atoms with Crippen LogP contribution in [0.25, 0.3) is 0 Å². The first-order chi connectivity index (χ1) is 7.65. The summed E-state index contributed by atoms with van der Waals surface area (Å²) in [5.74, 6) is 0.